The molecule has 29 heavy (non-hydrogen) atoms. The van der Waals surface area contributed by atoms with Gasteiger partial charge in [-0.15, -0.1) is 10.2 Å². The molecule has 148 valence electrons. The van der Waals surface area contributed by atoms with Crippen molar-refractivity contribution in [1.82, 2.24) is 20.1 Å². The van der Waals surface area contributed by atoms with Crippen LogP contribution >= 0.6 is 0 Å². The van der Waals surface area contributed by atoms with Crippen molar-refractivity contribution in [2.45, 2.75) is 0 Å². The van der Waals surface area contributed by atoms with Gasteiger partial charge in [0.15, 0.2) is 23.1 Å². The van der Waals surface area contributed by atoms with Gasteiger partial charge in [0.2, 0.25) is 0 Å². The lowest BCUT2D eigenvalue weighted by Crippen LogP contribution is -2.49. The lowest BCUT2D eigenvalue weighted by Gasteiger charge is -2.35. The number of benzene rings is 1. The second kappa shape index (κ2) is 8.17. The molecule has 4 rings (SSSR count). The molecule has 0 bridgehead atoms. The third-order valence-corrected chi connectivity index (χ3v) is 4.62. The van der Waals surface area contributed by atoms with Crippen molar-refractivity contribution in [1.29, 1.82) is 0 Å². The summed E-state index contributed by atoms with van der Waals surface area (Å²) >= 11 is 0. The number of piperazine rings is 1. The highest BCUT2D eigenvalue weighted by Gasteiger charge is 2.23. The largest absolute Gasteiger partial charge is 0.353 e. The van der Waals surface area contributed by atoms with E-state index in [4.69, 9.17) is 0 Å². The van der Waals surface area contributed by atoms with Crippen molar-refractivity contribution >= 4 is 23.2 Å². The van der Waals surface area contributed by atoms with Crippen molar-refractivity contribution in [3.8, 4) is 0 Å². The summed E-state index contributed by atoms with van der Waals surface area (Å²) in [4.78, 5) is 20.9. The van der Waals surface area contributed by atoms with Crippen molar-refractivity contribution in [2.75, 3.05) is 36.4 Å². The second-order valence-electron chi connectivity index (χ2n) is 6.52. The van der Waals surface area contributed by atoms with E-state index in [1.807, 2.05) is 18.2 Å². The van der Waals surface area contributed by atoms with E-state index in [2.05, 4.69) is 25.4 Å². The first-order chi connectivity index (χ1) is 14.1. The van der Waals surface area contributed by atoms with Gasteiger partial charge in [0.05, 0.1) is 0 Å². The highest BCUT2D eigenvalue weighted by atomic mass is 19.2. The molecule has 7 nitrogen and oxygen atoms in total. The van der Waals surface area contributed by atoms with E-state index in [1.54, 1.807) is 23.2 Å². The fraction of sp³-hybridized carbons (Fsp3) is 0.200. The molecule has 1 fully saturated rings. The van der Waals surface area contributed by atoms with Crippen LogP contribution in [-0.4, -0.2) is 52.2 Å². The maximum absolute atomic E-state index is 13.3. The Balaban J connectivity index is 1.36. The van der Waals surface area contributed by atoms with Gasteiger partial charge in [0.25, 0.3) is 5.91 Å². The van der Waals surface area contributed by atoms with Gasteiger partial charge < -0.3 is 15.1 Å². The van der Waals surface area contributed by atoms with Gasteiger partial charge in [-0.1, -0.05) is 6.07 Å². The standard InChI is InChI=1S/C20H18F2N6O/c21-15-5-4-14(13-16(15)22)24-18-7-6-17(25-26-18)20(29)28-11-9-27(10-12-28)19-3-1-2-8-23-19/h1-8,13H,9-12H2,(H,24,26). The van der Waals surface area contributed by atoms with E-state index in [1.165, 1.54) is 6.07 Å². The number of halogens is 2. The number of nitrogens with one attached hydrogen (secondary N) is 1. The highest BCUT2D eigenvalue weighted by molar-refractivity contribution is 5.92. The molecule has 0 unspecified atom stereocenters. The zero-order chi connectivity index (χ0) is 20.2. The normalized spacial score (nSPS) is 14.0. The van der Waals surface area contributed by atoms with E-state index >= 15 is 0 Å². The van der Waals surface area contributed by atoms with Crippen LogP contribution in [0.15, 0.2) is 54.7 Å². The molecule has 9 heteroatoms. The Morgan fingerprint density at radius 2 is 1.76 bits per heavy atom. The molecule has 1 aromatic carbocycles. The second-order valence-corrected chi connectivity index (χ2v) is 6.52. The molecule has 1 saturated heterocycles. The molecule has 0 saturated carbocycles. The Morgan fingerprint density at radius 1 is 0.931 bits per heavy atom. The molecular weight excluding hydrogens is 378 g/mol. The van der Waals surface area contributed by atoms with Gasteiger partial charge in [-0.3, -0.25) is 4.79 Å². The molecule has 3 aromatic rings. The average molecular weight is 396 g/mol. The lowest BCUT2D eigenvalue weighted by molar-refractivity contribution is 0.0739. The number of rotatable bonds is 4. The minimum atomic E-state index is -0.959. The fourth-order valence-electron chi connectivity index (χ4n) is 3.08. The van der Waals surface area contributed by atoms with Crippen molar-refractivity contribution < 1.29 is 13.6 Å². The number of nitrogens with zero attached hydrogens (tertiary/aromatic N) is 5. The van der Waals surface area contributed by atoms with Crippen LogP contribution in [0.4, 0.5) is 26.1 Å². The first-order valence-electron chi connectivity index (χ1n) is 9.11. The number of aromatic nitrogens is 3. The molecule has 1 N–H and O–H groups in total. The van der Waals surface area contributed by atoms with Crippen LogP contribution in [-0.2, 0) is 0 Å². The number of hydrogen-bond donors (Lipinski definition) is 1. The quantitative estimate of drug-likeness (QED) is 0.731. The Morgan fingerprint density at radius 3 is 2.41 bits per heavy atom. The summed E-state index contributed by atoms with van der Waals surface area (Å²) in [7, 11) is 0. The minimum Gasteiger partial charge on any atom is -0.353 e. The van der Waals surface area contributed by atoms with Gasteiger partial charge in [-0.2, -0.15) is 0 Å². The summed E-state index contributed by atoms with van der Waals surface area (Å²) < 4.78 is 26.3. The summed E-state index contributed by atoms with van der Waals surface area (Å²) in [5.41, 5.74) is 0.565. The molecule has 0 aliphatic carbocycles. The molecule has 0 atom stereocenters. The van der Waals surface area contributed by atoms with E-state index < -0.39 is 11.6 Å². The SMILES string of the molecule is O=C(c1ccc(Nc2ccc(F)c(F)c2)nn1)N1CCN(c2ccccn2)CC1. The topological polar surface area (TPSA) is 74.2 Å². The molecule has 1 amide bonds. The molecular formula is C20H18F2N6O. The van der Waals surface area contributed by atoms with Gasteiger partial charge in [0.1, 0.15) is 5.82 Å². The average Bonchev–Trinajstić information content (AvgIpc) is 2.77. The summed E-state index contributed by atoms with van der Waals surface area (Å²) in [5, 5.41) is 10.8. The first-order valence-corrected chi connectivity index (χ1v) is 9.11. The van der Waals surface area contributed by atoms with Gasteiger partial charge in [-0.25, -0.2) is 13.8 Å². The molecule has 1 aliphatic rings. The monoisotopic (exact) mass is 396 g/mol. The van der Waals surface area contributed by atoms with Crippen LogP contribution < -0.4 is 10.2 Å². The lowest BCUT2D eigenvalue weighted by atomic mass is 10.2. The van der Waals surface area contributed by atoms with Crippen LogP contribution in [0, 0.1) is 11.6 Å². The van der Waals surface area contributed by atoms with Crippen molar-refractivity contribution in [3.05, 3.63) is 72.1 Å². The molecule has 2 aromatic heterocycles. The number of anilines is 3. The molecule has 1 aliphatic heterocycles. The van der Waals surface area contributed by atoms with Gasteiger partial charge in [0, 0.05) is 44.1 Å². The summed E-state index contributed by atoms with van der Waals surface area (Å²) in [5.74, 6) is -0.859. The molecule has 3 heterocycles. The summed E-state index contributed by atoms with van der Waals surface area (Å²) in [6.45, 7) is 2.50. The van der Waals surface area contributed by atoms with Gasteiger partial charge >= 0.3 is 0 Å². The van der Waals surface area contributed by atoms with Crippen molar-refractivity contribution in [3.63, 3.8) is 0 Å². The van der Waals surface area contributed by atoms with E-state index in [0.717, 1.165) is 18.0 Å². The Hall–Kier alpha value is -3.62. The Kier molecular flexibility index (Phi) is 5.28. The smallest absolute Gasteiger partial charge is 0.274 e. The number of carbonyl (C=O) groups is 1. The van der Waals surface area contributed by atoms with E-state index in [-0.39, 0.29) is 11.6 Å². The first kappa shape index (κ1) is 18.7. The van der Waals surface area contributed by atoms with Crippen LogP contribution in [0.3, 0.4) is 0 Å². The predicted octanol–water partition coefficient (Wildman–Crippen LogP) is 2.86. The number of amides is 1. The van der Waals surface area contributed by atoms with Crippen molar-refractivity contribution in [2.24, 2.45) is 0 Å². The summed E-state index contributed by atoms with van der Waals surface area (Å²) in [6.07, 6.45) is 1.75. The maximum Gasteiger partial charge on any atom is 0.274 e. The summed E-state index contributed by atoms with van der Waals surface area (Å²) in [6, 6.07) is 12.3. The van der Waals surface area contributed by atoms with E-state index in [9.17, 15) is 13.6 Å². The Labute approximate surface area is 166 Å². The highest BCUT2D eigenvalue weighted by Crippen LogP contribution is 2.18. The third-order valence-electron chi connectivity index (χ3n) is 4.62. The van der Waals surface area contributed by atoms with Crippen LogP contribution in [0.25, 0.3) is 0 Å². The predicted molar refractivity (Wildman–Crippen MR) is 104 cm³/mol. The third kappa shape index (κ3) is 4.29. The van der Waals surface area contributed by atoms with E-state index in [0.29, 0.717) is 37.7 Å². The number of hydrogen-bond acceptors (Lipinski definition) is 6. The fourth-order valence-corrected chi connectivity index (χ4v) is 3.08. The van der Waals surface area contributed by atoms with Crippen LogP contribution in [0.1, 0.15) is 10.5 Å². The molecule has 0 radical (unpaired) electrons. The van der Waals surface area contributed by atoms with Gasteiger partial charge in [-0.05, 0) is 36.4 Å². The van der Waals surface area contributed by atoms with Crippen LogP contribution in [0.5, 0.6) is 0 Å². The van der Waals surface area contributed by atoms with Crippen LogP contribution in [0.2, 0.25) is 0 Å². The number of pyridine rings is 1. The Bertz CT molecular complexity index is 992. The molecule has 0 spiro atoms. The number of carbonyl (C=O) groups excluding carboxylic acids is 1. The maximum atomic E-state index is 13.3. The zero-order valence-corrected chi connectivity index (χ0v) is 15.4. The zero-order valence-electron chi connectivity index (χ0n) is 15.4. The minimum absolute atomic E-state index is 0.197.